The Bertz CT molecular complexity index is 1640. The number of carbonyl (C=O) groups is 2. The fourth-order valence-electron chi connectivity index (χ4n) is 5.47. The van der Waals surface area contributed by atoms with Gasteiger partial charge < -0.3 is 9.84 Å². The Morgan fingerprint density at radius 3 is 2.23 bits per heavy atom. The van der Waals surface area contributed by atoms with E-state index in [0.29, 0.717) is 17.0 Å². The molecule has 1 saturated heterocycles. The van der Waals surface area contributed by atoms with E-state index in [1.165, 1.54) is 4.90 Å². The highest BCUT2D eigenvalue weighted by Crippen LogP contribution is 2.45. The van der Waals surface area contributed by atoms with E-state index in [-0.39, 0.29) is 22.7 Å². The molecule has 1 atom stereocenters. The van der Waals surface area contributed by atoms with E-state index in [0.717, 1.165) is 27.5 Å². The second-order valence-corrected chi connectivity index (χ2v) is 11.7. The Labute approximate surface area is 235 Å². The number of nitrogens with zero attached hydrogens (tertiary/aromatic N) is 1. The molecular weight excluding hydrogens is 498 g/mol. The van der Waals surface area contributed by atoms with Crippen LogP contribution in [-0.2, 0) is 15.0 Å². The molecule has 4 aromatic carbocycles. The van der Waals surface area contributed by atoms with Crippen LogP contribution in [0.3, 0.4) is 0 Å². The van der Waals surface area contributed by atoms with Crippen LogP contribution in [0.2, 0.25) is 0 Å². The van der Waals surface area contributed by atoms with Crippen molar-refractivity contribution in [1.29, 1.82) is 0 Å². The lowest BCUT2D eigenvalue weighted by atomic mass is 9.85. The van der Waals surface area contributed by atoms with Gasteiger partial charge in [-0.3, -0.25) is 14.5 Å². The van der Waals surface area contributed by atoms with Crippen molar-refractivity contribution in [2.75, 3.05) is 12.0 Å². The highest BCUT2D eigenvalue weighted by Gasteiger charge is 2.47. The van der Waals surface area contributed by atoms with Crippen molar-refractivity contribution in [3.63, 3.8) is 0 Å². The normalized spacial score (nSPS) is 17.2. The first-order chi connectivity index (χ1) is 19.0. The number of ether oxygens (including phenoxy) is 1. The molecular formula is C35H35NO4. The van der Waals surface area contributed by atoms with Crippen LogP contribution in [0.1, 0.15) is 68.8 Å². The predicted molar refractivity (Wildman–Crippen MR) is 161 cm³/mol. The number of anilines is 1. The van der Waals surface area contributed by atoms with Gasteiger partial charge in [0.1, 0.15) is 11.5 Å². The number of ketones is 1. The Balaban J connectivity index is 1.76. The summed E-state index contributed by atoms with van der Waals surface area (Å²) in [4.78, 5) is 29.1. The van der Waals surface area contributed by atoms with Crippen molar-refractivity contribution in [3.05, 3.63) is 113 Å². The highest BCUT2D eigenvalue weighted by atomic mass is 16.5. The monoisotopic (exact) mass is 533 g/mol. The fraction of sp³-hybridized carbons (Fsp3) is 0.257. The number of fused-ring (bicyclic) bond motifs is 1. The number of benzene rings is 4. The van der Waals surface area contributed by atoms with Gasteiger partial charge in [0.15, 0.2) is 0 Å². The first kappa shape index (κ1) is 27.2. The third kappa shape index (κ3) is 4.66. The van der Waals surface area contributed by atoms with Gasteiger partial charge in [0.05, 0.1) is 24.4 Å². The molecule has 1 fully saturated rings. The molecule has 5 heteroatoms. The van der Waals surface area contributed by atoms with Crippen LogP contribution in [0.25, 0.3) is 16.5 Å². The minimum atomic E-state index is -0.801. The molecule has 204 valence electrons. The smallest absolute Gasteiger partial charge is 0.300 e. The van der Waals surface area contributed by atoms with Gasteiger partial charge >= 0.3 is 0 Å². The van der Waals surface area contributed by atoms with Crippen molar-refractivity contribution in [1.82, 2.24) is 0 Å². The Kier molecular flexibility index (Phi) is 7.01. The number of methoxy groups -OCH3 is 1. The van der Waals surface area contributed by atoms with Crippen molar-refractivity contribution < 1.29 is 19.4 Å². The van der Waals surface area contributed by atoms with E-state index < -0.39 is 17.7 Å². The summed E-state index contributed by atoms with van der Waals surface area (Å²) in [6.07, 6.45) is 0. The zero-order valence-electron chi connectivity index (χ0n) is 23.9. The lowest BCUT2D eigenvalue weighted by molar-refractivity contribution is -0.132. The van der Waals surface area contributed by atoms with E-state index in [4.69, 9.17) is 4.74 Å². The lowest BCUT2D eigenvalue weighted by Gasteiger charge is -2.27. The number of carbonyl (C=O) groups excluding carboxylic acids is 2. The third-order valence-electron chi connectivity index (χ3n) is 7.69. The van der Waals surface area contributed by atoms with E-state index in [1.807, 2.05) is 86.6 Å². The summed E-state index contributed by atoms with van der Waals surface area (Å²) in [5, 5.41) is 13.5. The highest BCUT2D eigenvalue weighted by molar-refractivity contribution is 6.52. The number of Topliss-reactive ketones (excluding diaryl/α,β-unsaturated/α-hetero) is 1. The molecule has 0 bridgehead atoms. The van der Waals surface area contributed by atoms with Gasteiger partial charge in [0.25, 0.3) is 11.7 Å². The Morgan fingerprint density at radius 1 is 0.900 bits per heavy atom. The predicted octanol–water partition coefficient (Wildman–Crippen LogP) is 7.90. The average molecular weight is 534 g/mol. The molecule has 4 aromatic rings. The number of hydrogen-bond acceptors (Lipinski definition) is 4. The Hall–Kier alpha value is -4.38. The minimum Gasteiger partial charge on any atom is -0.507 e. The van der Waals surface area contributed by atoms with Gasteiger partial charge in [0.2, 0.25) is 0 Å². The van der Waals surface area contributed by atoms with E-state index in [2.05, 4.69) is 20.8 Å². The van der Waals surface area contributed by atoms with Gasteiger partial charge in [-0.25, -0.2) is 0 Å². The maximum Gasteiger partial charge on any atom is 0.300 e. The summed E-state index contributed by atoms with van der Waals surface area (Å²) in [7, 11) is 1.61. The maximum atomic E-state index is 13.8. The number of rotatable bonds is 5. The van der Waals surface area contributed by atoms with E-state index >= 15 is 0 Å². The van der Waals surface area contributed by atoms with Crippen molar-refractivity contribution in [2.45, 2.75) is 52.0 Å². The maximum absolute atomic E-state index is 13.8. The van der Waals surface area contributed by atoms with Crippen LogP contribution in [0.4, 0.5) is 5.69 Å². The summed E-state index contributed by atoms with van der Waals surface area (Å²) >= 11 is 0. The largest absolute Gasteiger partial charge is 0.507 e. The molecule has 0 aliphatic carbocycles. The number of hydrogen-bond donors (Lipinski definition) is 1. The summed E-state index contributed by atoms with van der Waals surface area (Å²) in [5.74, 6) is -0.744. The van der Waals surface area contributed by atoms with Gasteiger partial charge in [0, 0.05) is 10.9 Å². The van der Waals surface area contributed by atoms with Crippen LogP contribution < -0.4 is 9.64 Å². The SMILES string of the molecule is COc1ccc(/C(O)=C2\C(=O)C(=O)N(c3cccc4ccccc34)C2c2ccc(C(C)(C)C)cc2)cc1C(C)C. The lowest BCUT2D eigenvalue weighted by Crippen LogP contribution is -2.29. The van der Waals surface area contributed by atoms with Crippen molar-refractivity contribution in [3.8, 4) is 5.75 Å². The van der Waals surface area contributed by atoms with Gasteiger partial charge in [-0.15, -0.1) is 0 Å². The standard InChI is InChI=1S/C35H35NO4/c1-21(2)27-20-24(16-19-29(27)40-6)32(37)30-31(23-14-17-25(18-15-23)35(3,4)5)36(34(39)33(30)38)28-13-9-11-22-10-7-8-12-26(22)28/h7-21,31,37H,1-6H3/b32-30+. The summed E-state index contributed by atoms with van der Waals surface area (Å²) in [6.45, 7) is 10.5. The van der Waals surface area contributed by atoms with Crippen LogP contribution in [-0.4, -0.2) is 23.9 Å². The van der Waals surface area contributed by atoms with Crippen molar-refractivity contribution >= 4 is 33.9 Å². The van der Waals surface area contributed by atoms with Gasteiger partial charge in [-0.1, -0.05) is 95.3 Å². The molecule has 40 heavy (non-hydrogen) atoms. The van der Waals surface area contributed by atoms with Gasteiger partial charge in [-0.05, 0) is 57.7 Å². The molecule has 5 nitrogen and oxygen atoms in total. The molecule has 1 amide bonds. The first-order valence-corrected chi connectivity index (χ1v) is 13.6. The number of aliphatic hydroxyl groups excluding tert-OH is 1. The topological polar surface area (TPSA) is 66.8 Å². The van der Waals surface area contributed by atoms with Gasteiger partial charge in [-0.2, -0.15) is 0 Å². The van der Waals surface area contributed by atoms with E-state index in [1.54, 1.807) is 19.2 Å². The zero-order chi connectivity index (χ0) is 28.8. The summed E-state index contributed by atoms with van der Waals surface area (Å²) in [6, 6.07) is 26.0. The third-order valence-corrected chi connectivity index (χ3v) is 7.69. The van der Waals surface area contributed by atoms with Crippen LogP contribution >= 0.6 is 0 Å². The molecule has 0 saturated carbocycles. The van der Waals surface area contributed by atoms with Crippen LogP contribution in [0.15, 0.2) is 90.5 Å². The fourth-order valence-corrected chi connectivity index (χ4v) is 5.47. The average Bonchev–Trinajstić information content (AvgIpc) is 3.21. The van der Waals surface area contributed by atoms with Crippen LogP contribution in [0.5, 0.6) is 5.75 Å². The second kappa shape index (κ2) is 10.3. The summed E-state index contributed by atoms with van der Waals surface area (Å²) in [5.41, 5.74) is 3.89. The molecule has 1 aliphatic heterocycles. The summed E-state index contributed by atoms with van der Waals surface area (Å²) < 4.78 is 5.52. The molecule has 0 aromatic heterocycles. The van der Waals surface area contributed by atoms with E-state index in [9.17, 15) is 14.7 Å². The number of aliphatic hydroxyl groups is 1. The minimum absolute atomic E-state index is 0.0632. The quantitative estimate of drug-likeness (QED) is 0.161. The molecule has 1 aliphatic rings. The van der Waals surface area contributed by atoms with Crippen molar-refractivity contribution in [2.24, 2.45) is 0 Å². The molecule has 0 radical (unpaired) electrons. The molecule has 1 unspecified atom stereocenters. The molecule has 1 N–H and O–H groups in total. The van der Waals surface area contributed by atoms with Crippen LogP contribution in [0, 0.1) is 0 Å². The molecule has 5 rings (SSSR count). The molecule has 0 spiro atoms. The molecule has 1 heterocycles. The first-order valence-electron chi connectivity index (χ1n) is 13.6. The zero-order valence-corrected chi connectivity index (χ0v) is 23.9. The Morgan fingerprint density at radius 2 is 1.57 bits per heavy atom. The second-order valence-electron chi connectivity index (χ2n) is 11.7. The number of amides is 1.